The van der Waals surface area contributed by atoms with Gasteiger partial charge in [-0.2, -0.15) is 0 Å². The van der Waals surface area contributed by atoms with Crippen molar-refractivity contribution < 1.29 is 14.3 Å². The molecule has 0 radical (unpaired) electrons. The summed E-state index contributed by atoms with van der Waals surface area (Å²) in [6.07, 6.45) is 3.63. The number of rotatable bonds is 2. The SMILES string of the molecule is COC(=O)C(=O)C1=NC=CC1. The quantitative estimate of drug-likeness (QED) is 0.417. The van der Waals surface area contributed by atoms with Crippen LogP contribution in [0.5, 0.6) is 0 Å². The number of allylic oxidation sites excluding steroid dienone is 1. The highest BCUT2D eigenvalue weighted by molar-refractivity contribution is 6.64. The maximum absolute atomic E-state index is 10.9. The summed E-state index contributed by atoms with van der Waals surface area (Å²) in [5.74, 6) is -1.51. The standard InChI is InChI=1S/C7H7NO3/c1-11-7(10)6(9)5-3-2-4-8-5/h2,4H,3H2,1H3. The number of ketones is 1. The molecule has 0 amide bonds. The molecule has 0 unspecified atom stereocenters. The van der Waals surface area contributed by atoms with Gasteiger partial charge in [-0.25, -0.2) is 4.79 Å². The average Bonchev–Trinajstić information content (AvgIpc) is 2.53. The Morgan fingerprint density at radius 1 is 1.64 bits per heavy atom. The molecule has 4 nitrogen and oxygen atoms in total. The van der Waals surface area contributed by atoms with Gasteiger partial charge >= 0.3 is 5.97 Å². The van der Waals surface area contributed by atoms with Crippen molar-refractivity contribution in [1.29, 1.82) is 0 Å². The lowest BCUT2D eigenvalue weighted by molar-refractivity contribution is -0.148. The third-order valence-corrected chi connectivity index (χ3v) is 1.28. The second-order valence-corrected chi connectivity index (χ2v) is 1.99. The molecule has 11 heavy (non-hydrogen) atoms. The Labute approximate surface area is 63.6 Å². The number of hydrogen-bond donors (Lipinski definition) is 0. The Balaban J connectivity index is 2.63. The van der Waals surface area contributed by atoms with E-state index in [-0.39, 0.29) is 5.71 Å². The molecule has 0 aromatic rings. The molecule has 0 atom stereocenters. The van der Waals surface area contributed by atoms with Gasteiger partial charge in [0.1, 0.15) is 0 Å². The number of carbonyl (C=O) groups is 2. The zero-order valence-electron chi connectivity index (χ0n) is 6.03. The van der Waals surface area contributed by atoms with Crippen molar-refractivity contribution in [3.05, 3.63) is 12.3 Å². The van der Waals surface area contributed by atoms with E-state index in [1.54, 1.807) is 6.08 Å². The summed E-state index contributed by atoms with van der Waals surface area (Å²) in [7, 11) is 1.17. The molecule has 58 valence electrons. The molecule has 0 aromatic heterocycles. The average molecular weight is 153 g/mol. The third kappa shape index (κ3) is 1.52. The predicted octanol–water partition coefficient (Wildman–Crippen LogP) is 0.0869. The molecule has 0 aromatic carbocycles. The van der Waals surface area contributed by atoms with Crippen LogP contribution in [0.15, 0.2) is 17.3 Å². The Morgan fingerprint density at radius 2 is 2.36 bits per heavy atom. The Kier molecular flexibility index (Phi) is 2.15. The minimum absolute atomic E-state index is 0.247. The van der Waals surface area contributed by atoms with Gasteiger partial charge in [0.05, 0.1) is 12.8 Å². The maximum Gasteiger partial charge on any atom is 0.380 e. The van der Waals surface area contributed by atoms with Crippen LogP contribution in [0.4, 0.5) is 0 Å². The van der Waals surface area contributed by atoms with Crippen LogP contribution in [0.2, 0.25) is 0 Å². The molecule has 1 heterocycles. The highest BCUT2D eigenvalue weighted by atomic mass is 16.5. The number of esters is 1. The van der Waals surface area contributed by atoms with Crippen LogP contribution in [-0.4, -0.2) is 24.6 Å². The molecule has 4 heteroatoms. The summed E-state index contributed by atoms with van der Waals surface area (Å²) in [5.41, 5.74) is 0.247. The van der Waals surface area contributed by atoms with Gasteiger partial charge in [0.15, 0.2) is 0 Å². The molecule has 0 N–H and O–H groups in total. The van der Waals surface area contributed by atoms with E-state index in [2.05, 4.69) is 9.73 Å². The van der Waals surface area contributed by atoms with Crippen LogP contribution in [0.25, 0.3) is 0 Å². The summed E-state index contributed by atoms with van der Waals surface area (Å²) < 4.78 is 4.23. The van der Waals surface area contributed by atoms with E-state index in [1.165, 1.54) is 13.3 Å². The molecule has 0 saturated carbocycles. The van der Waals surface area contributed by atoms with Gasteiger partial charge in [-0.3, -0.25) is 9.79 Å². The highest BCUT2D eigenvalue weighted by Crippen LogP contribution is 2.01. The van der Waals surface area contributed by atoms with Crippen molar-refractivity contribution in [3.63, 3.8) is 0 Å². The minimum Gasteiger partial charge on any atom is -0.463 e. The molecular weight excluding hydrogens is 146 g/mol. The molecule has 0 aliphatic carbocycles. The van der Waals surface area contributed by atoms with Gasteiger partial charge in [-0.15, -0.1) is 0 Å². The Bertz CT molecular complexity index is 252. The minimum atomic E-state index is -0.854. The monoisotopic (exact) mass is 153 g/mol. The van der Waals surface area contributed by atoms with Crippen molar-refractivity contribution >= 4 is 17.5 Å². The first kappa shape index (κ1) is 7.65. The van der Waals surface area contributed by atoms with Crippen molar-refractivity contribution in [3.8, 4) is 0 Å². The Hall–Kier alpha value is -1.45. The van der Waals surface area contributed by atoms with Crippen LogP contribution >= 0.6 is 0 Å². The van der Waals surface area contributed by atoms with Crippen LogP contribution in [0, 0.1) is 0 Å². The Morgan fingerprint density at radius 3 is 2.82 bits per heavy atom. The second kappa shape index (κ2) is 3.09. The van der Waals surface area contributed by atoms with E-state index >= 15 is 0 Å². The van der Waals surface area contributed by atoms with E-state index in [0.29, 0.717) is 6.42 Å². The number of aliphatic imine (C=N–C) groups is 1. The number of methoxy groups -OCH3 is 1. The smallest absolute Gasteiger partial charge is 0.380 e. The third-order valence-electron chi connectivity index (χ3n) is 1.28. The van der Waals surface area contributed by atoms with Gasteiger partial charge in [-0.1, -0.05) is 6.08 Å². The van der Waals surface area contributed by atoms with Crippen molar-refractivity contribution in [2.75, 3.05) is 7.11 Å². The predicted molar refractivity (Wildman–Crippen MR) is 38.2 cm³/mol. The van der Waals surface area contributed by atoms with Crippen molar-refractivity contribution in [2.24, 2.45) is 4.99 Å². The summed E-state index contributed by atoms with van der Waals surface area (Å²) >= 11 is 0. The van der Waals surface area contributed by atoms with Crippen LogP contribution in [0.3, 0.4) is 0 Å². The van der Waals surface area contributed by atoms with Crippen molar-refractivity contribution in [2.45, 2.75) is 6.42 Å². The lowest BCUT2D eigenvalue weighted by Crippen LogP contribution is -2.23. The lowest BCUT2D eigenvalue weighted by atomic mass is 10.2. The zero-order chi connectivity index (χ0) is 8.27. The van der Waals surface area contributed by atoms with Gasteiger partial charge < -0.3 is 4.74 Å². The maximum atomic E-state index is 10.9. The topological polar surface area (TPSA) is 55.7 Å². The van der Waals surface area contributed by atoms with Crippen LogP contribution in [-0.2, 0) is 14.3 Å². The molecule has 0 bridgehead atoms. The fourth-order valence-corrected chi connectivity index (χ4v) is 0.722. The normalized spacial score (nSPS) is 14.5. The van der Waals surface area contributed by atoms with Crippen LogP contribution < -0.4 is 0 Å². The molecule has 1 rings (SSSR count). The molecule has 1 aliphatic heterocycles. The molecular formula is C7H7NO3. The summed E-state index contributed by atoms with van der Waals surface area (Å²) in [6, 6.07) is 0. The van der Waals surface area contributed by atoms with E-state index in [1.807, 2.05) is 0 Å². The fraction of sp³-hybridized carbons (Fsp3) is 0.286. The summed E-state index contributed by atoms with van der Waals surface area (Å²) in [5, 5.41) is 0. The number of nitrogens with zero attached hydrogens (tertiary/aromatic N) is 1. The highest BCUT2D eigenvalue weighted by Gasteiger charge is 2.20. The van der Waals surface area contributed by atoms with Gasteiger partial charge in [0.2, 0.25) is 0 Å². The molecule has 0 fully saturated rings. The molecule has 1 aliphatic rings. The van der Waals surface area contributed by atoms with E-state index in [4.69, 9.17) is 0 Å². The number of carbonyl (C=O) groups excluding carboxylic acids is 2. The lowest BCUT2D eigenvalue weighted by Gasteiger charge is -1.95. The van der Waals surface area contributed by atoms with Gasteiger partial charge in [-0.05, 0) is 0 Å². The number of Topliss-reactive ketones (excluding diaryl/α,β-unsaturated/α-hetero) is 1. The second-order valence-electron chi connectivity index (χ2n) is 1.99. The summed E-state index contributed by atoms with van der Waals surface area (Å²) in [6.45, 7) is 0. The molecule has 0 saturated heterocycles. The van der Waals surface area contributed by atoms with Crippen LogP contribution in [0.1, 0.15) is 6.42 Å². The zero-order valence-corrected chi connectivity index (χ0v) is 6.03. The van der Waals surface area contributed by atoms with E-state index in [0.717, 1.165) is 0 Å². The largest absolute Gasteiger partial charge is 0.463 e. The number of hydrogen-bond acceptors (Lipinski definition) is 4. The summed E-state index contributed by atoms with van der Waals surface area (Å²) in [4.78, 5) is 25.2. The fourth-order valence-electron chi connectivity index (χ4n) is 0.722. The van der Waals surface area contributed by atoms with Crippen molar-refractivity contribution in [1.82, 2.24) is 0 Å². The first-order chi connectivity index (χ1) is 5.25. The first-order valence-electron chi connectivity index (χ1n) is 3.10. The van der Waals surface area contributed by atoms with E-state index < -0.39 is 11.8 Å². The number of ether oxygens (including phenoxy) is 1. The van der Waals surface area contributed by atoms with Gasteiger partial charge in [0, 0.05) is 12.6 Å². The molecule has 0 spiro atoms. The van der Waals surface area contributed by atoms with Gasteiger partial charge in [0.25, 0.3) is 5.78 Å². The first-order valence-corrected chi connectivity index (χ1v) is 3.10. The van der Waals surface area contributed by atoms with E-state index in [9.17, 15) is 9.59 Å².